The van der Waals surface area contributed by atoms with Gasteiger partial charge < -0.3 is 14.0 Å². The molecule has 0 saturated carbocycles. The summed E-state index contributed by atoms with van der Waals surface area (Å²) in [5.41, 5.74) is -1.51. The van der Waals surface area contributed by atoms with Crippen LogP contribution in [0.15, 0.2) is 12.1 Å². The molecule has 8 nitrogen and oxygen atoms in total. The lowest BCUT2D eigenvalue weighted by molar-refractivity contribution is -0.384. The van der Waals surface area contributed by atoms with Gasteiger partial charge in [0.15, 0.2) is 5.69 Å². The predicted octanol–water partition coefficient (Wildman–Crippen LogP) is 1.08. The molecule has 2 heterocycles. The minimum atomic E-state index is -0.895. The molecule has 0 aromatic carbocycles. The van der Waals surface area contributed by atoms with E-state index in [1.807, 2.05) is 27.7 Å². The van der Waals surface area contributed by atoms with Gasteiger partial charge in [0.25, 0.3) is 5.69 Å². The zero-order valence-corrected chi connectivity index (χ0v) is 13.1. The predicted molar refractivity (Wildman–Crippen MR) is 77.9 cm³/mol. The summed E-state index contributed by atoms with van der Waals surface area (Å²) in [7, 11) is 0.283. The average molecular weight is 308 g/mol. The van der Waals surface area contributed by atoms with Gasteiger partial charge in [-0.3, -0.25) is 10.1 Å². The third kappa shape index (κ3) is 2.82. The maximum absolute atomic E-state index is 11.6. The Kier molecular flexibility index (Phi) is 3.97. The van der Waals surface area contributed by atoms with E-state index in [0.717, 1.165) is 6.07 Å². The number of aromatic nitrogens is 1. The number of ether oxygens (including phenoxy) is 1. The molecule has 0 bridgehead atoms. The highest BCUT2D eigenvalue weighted by atomic mass is 16.7. The number of hydrogen-bond donors (Lipinski definition) is 0. The second-order valence-corrected chi connectivity index (χ2v) is 5.97. The van der Waals surface area contributed by atoms with Gasteiger partial charge in [-0.1, -0.05) is 0 Å². The summed E-state index contributed by atoms with van der Waals surface area (Å²) in [6.45, 7) is 7.41. The Labute approximate surface area is 128 Å². The topological polar surface area (TPSA) is 101 Å². The Balaban J connectivity index is 2.45. The van der Waals surface area contributed by atoms with Crippen LogP contribution in [0.25, 0.3) is 0 Å². The summed E-state index contributed by atoms with van der Waals surface area (Å²) in [6, 6.07) is 2.29. The highest BCUT2D eigenvalue weighted by Crippen LogP contribution is 2.36. The van der Waals surface area contributed by atoms with Gasteiger partial charge in [-0.15, -0.1) is 0 Å². The Bertz CT molecular complexity index is 615. The molecule has 0 amide bonds. The van der Waals surface area contributed by atoms with E-state index >= 15 is 0 Å². The smallest absolute Gasteiger partial charge is 0.464 e. The number of rotatable bonds is 3. The fourth-order valence-corrected chi connectivity index (χ4v) is 1.94. The largest absolute Gasteiger partial charge is 0.514 e. The third-order valence-corrected chi connectivity index (χ3v) is 3.93. The summed E-state index contributed by atoms with van der Waals surface area (Å²) in [5, 5.41) is 11.0. The number of esters is 1. The molecule has 1 saturated heterocycles. The average Bonchev–Trinajstić information content (AvgIpc) is 2.66. The number of pyridine rings is 1. The zero-order chi connectivity index (χ0) is 16.7. The summed E-state index contributed by atoms with van der Waals surface area (Å²) >= 11 is 0. The standard InChI is InChI=1S/C13H17BN2O6/c1-12(2)13(3,4)22-14(21-12)10-7-8(16(18)19)6-9(15-10)11(17)20-5/h6-7H,1-5H3. The van der Waals surface area contributed by atoms with Crippen LogP contribution >= 0.6 is 0 Å². The lowest BCUT2D eigenvalue weighted by Crippen LogP contribution is -2.41. The first-order valence-corrected chi connectivity index (χ1v) is 6.68. The van der Waals surface area contributed by atoms with Gasteiger partial charge >= 0.3 is 13.1 Å². The molecule has 0 atom stereocenters. The molecule has 1 aromatic heterocycles. The molecule has 0 radical (unpaired) electrons. The number of carbonyl (C=O) groups excluding carboxylic acids is 1. The van der Waals surface area contributed by atoms with Crippen LogP contribution in [0.4, 0.5) is 5.69 Å². The molecule has 0 spiro atoms. The van der Waals surface area contributed by atoms with Crippen LogP contribution in [-0.2, 0) is 14.0 Å². The Morgan fingerprint density at radius 3 is 2.27 bits per heavy atom. The van der Waals surface area contributed by atoms with E-state index < -0.39 is 29.2 Å². The van der Waals surface area contributed by atoms with E-state index in [9.17, 15) is 14.9 Å². The van der Waals surface area contributed by atoms with E-state index in [1.54, 1.807) is 0 Å². The first-order valence-electron chi connectivity index (χ1n) is 6.68. The number of nitro groups is 1. The summed E-state index contributed by atoms with van der Waals surface area (Å²) in [5.74, 6) is -0.763. The Morgan fingerprint density at radius 2 is 1.82 bits per heavy atom. The molecule has 22 heavy (non-hydrogen) atoms. The first kappa shape index (κ1) is 16.4. The molecule has 2 rings (SSSR count). The zero-order valence-electron chi connectivity index (χ0n) is 13.1. The van der Waals surface area contributed by atoms with Crippen molar-refractivity contribution in [2.75, 3.05) is 7.11 Å². The number of methoxy groups -OCH3 is 1. The number of carbonyl (C=O) groups is 1. The first-order chi connectivity index (χ1) is 10.1. The fraction of sp³-hybridized carbons (Fsp3) is 0.538. The maximum Gasteiger partial charge on any atom is 0.514 e. The van der Waals surface area contributed by atoms with Gasteiger partial charge in [0.2, 0.25) is 0 Å². The van der Waals surface area contributed by atoms with Crippen molar-refractivity contribution in [3.8, 4) is 0 Å². The summed E-state index contributed by atoms with van der Waals surface area (Å²) in [4.78, 5) is 26.1. The third-order valence-electron chi connectivity index (χ3n) is 3.93. The molecule has 1 aliphatic heterocycles. The molecule has 0 aliphatic carbocycles. The quantitative estimate of drug-likeness (QED) is 0.356. The van der Waals surface area contributed by atoms with E-state index in [1.165, 1.54) is 13.2 Å². The fourth-order valence-electron chi connectivity index (χ4n) is 1.94. The molecule has 9 heteroatoms. The maximum atomic E-state index is 11.6. The van der Waals surface area contributed by atoms with Crippen molar-refractivity contribution < 1.29 is 23.8 Å². The van der Waals surface area contributed by atoms with Gasteiger partial charge in [-0.05, 0) is 27.7 Å². The molecular weight excluding hydrogens is 291 g/mol. The van der Waals surface area contributed by atoms with Crippen LogP contribution in [0.5, 0.6) is 0 Å². The molecule has 0 N–H and O–H groups in total. The van der Waals surface area contributed by atoms with Gasteiger partial charge in [0, 0.05) is 12.1 Å². The van der Waals surface area contributed by atoms with Crippen LogP contribution in [0.2, 0.25) is 0 Å². The second-order valence-electron chi connectivity index (χ2n) is 5.97. The second kappa shape index (κ2) is 5.33. The van der Waals surface area contributed by atoms with Crippen molar-refractivity contribution in [2.24, 2.45) is 0 Å². The number of nitrogens with zero attached hydrogens (tertiary/aromatic N) is 2. The number of hydrogen-bond acceptors (Lipinski definition) is 7. The lowest BCUT2D eigenvalue weighted by atomic mass is 9.83. The van der Waals surface area contributed by atoms with Crippen molar-refractivity contribution in [3.63, 3.8) is 0 Å². The van der Waals surface area contributed by atoms with Crippen LogP contribution in [0.3, 0.4) is 0 Å². The Morgan fingerprint density at radius 1 is 1.27 bits per heavy atom. The van der Waals surface area contributed by atoms with Crippen molar-refractivity contribution in [2.45, 2.75) is 38.9 Å². The molecule has 118 valence electrons. The van der Waals surface area contributed by atoms with Crippen LogP contribution in [0, 0.1) is 10.1 Å². The summed E-state index contributed by atoms with van der Waals surface area (Å²) in [6.07, 6.45) is 0. The van der Waals surface area contributed by atoms with Crippen LogP contribution in [0.1, 0.15) is 38.2 Å². The van der Waals surface area contributed by atoms with Crippen molar-refractivity contribution in [3.05, 3.63) is 27.9 Å². The van der Waals surface area contributed by atoms with Crippen LogP contribution in [-0.4, -0.2) is 41.3 Å². The van der Waals surface area contributed by atoms with E-state index in [-0.39, 0.29) is 17.0 Å². The van der Waals surface area contributed by atoms with Gasteiger partial charge in [0.1, 0.15) is 0 Å². The Hall–Kier alpha value is -2.00. The molecule has 1 aliphatic rings. The molecule has 1 fully saturated rings. The molecule has 1 aromatic rings. The minimum absolute atomic E-state index is 0.160. The van der Waals surface area contributed by atoms with E-state index in [4.69, 9.17) is 9.31 Å². The van der Waals surface area contributed by atoms with Gasteiger partial charge in [-0.2, -0.15) is 0 Å². The monoisotopic (exact) mass is 308 g/mol. The van der Waals surface area contributed by atoms with E-state index in [2.05, 4.69) is 9.72 Å². The molecule has 0 unspecified atom stereocenters. The lowest BCUT2D eigenvalue weighted by Gasteiger charge is -2.32. The van der Waals surface area contributed by atoms with Crippen molar-refractivity contribution >= 4 is 24.4 Å². The van der Waals surface area contributed by atoms with Crippen LogP contribution < -0.4 is 5.59 Å². The normalized spacial score (nSPS) is 19.0. The van der Waals surface area contributed by atoms with Gasteiger partial charge in [-0.25, -0.2) is 9.78 Å². The highest BCUT2D eigenvalue weighted by Gasteiger charge is 2.52. The summed E-state index contributed by atoms with van der Waals surface area (Å²) < 4.78 is 16.2. The molecular formula is C13H17BN2O6. The van der Waals surface area contributed by atoms with E-state index in [0.29, 0.717) is 0 Å². The van der Waals surface area contributed by atoms with Gasteiger partial charge in [0.05, 0.1) is 28.8 Å². The van der Waals surface area contributed by atoms with Crippen molar-refractivity contribution in [1.82, 2.24) is 4.98 Å². The minimum Gasteiger partial charge on any atom is -0.464 e. The SMILES string of the molecule is COC(=O)c1cc([N+](=O)[O-])cc(B2OC(C)(C)C(C)(C)O2)n1. The highest BCUT2D eigenvalue weighted by molar-refractivity contribution is 6.61. The van der Waals surface area contributed by atoms with Crippen molar-refractivity contribution in [1.29, 1.82) is 0 Å².